The Labute approximate surface area is 323 Å². The van der Waals surface area contributed by atoms with Crippen LogP contribution in [0.1, 0.15) is 132 Å². The van der Waals surface area contributed by atoms with Gasteiger partial charge in [0.1, 0.15) is 0 Å². The van der Waals surface area contributed by atoms with Crippen molar-refractivity contribution in [3.63, 3.8) is 0 Å². The monoisotopic (exact) mass is 780 g/mol. The van der Waals surface area contributed by atoms with E-state index in [1.165, 1.54) is 75.8 Å². The molecule has 0 radical (unpaired) electrons. The van der Waals surface area contributed by atoms with Crippen LogP contribution in [0.4, 0.5) is 0 Å². The average molecular weight is 783 g/mol. The molecule has 0 aromatic heterocycles. The van der Waals surface area contributed by atoms with Gasteiger partial charge in [-0.05, 0) is 0 Å². The van der Waals surface area contributed by atoms with Crippen molar-refractivity contribution in [1.82, 2.24) is 0 Å². The van der Waals surface area contributed by atoms with Crippen molar-refractivity contribution in [3.05, 3.63) is 145 Å². The predicted octanol–water partition coefficient (Wildman–Crippen LogP) is 5.90. The van der Waals surface area contributed by atoms with Gasteiger partial charge in [-0.15, -0.1) is 0 Å². The molecule has 262 valence electrons. The third-order valence-corrected chi connectivity index (χ3v) is 18.0. The molecule has 2 aliphatic carbocycles. The SMILES string of the molecule is CCCCc1ccc([C](c2ccc(CCCC)cc2)=[Zr+2]([C]2=CC=CC2)[c]2cc(C(C)(C)C)cc3c2Cc2ccc(C(C)(C)C)cc2-3)cc1.[Cl-].[Cl-]. The molecule has 0 saturated heterocycles. The number of allylic oxidation sites excluding steroid dienone is 4. The molecule has 3 heteroatoms. The Morgan fingerprint density at radius 3 is 1.66 bits per heavy atom. The van der Waals surface area contributed by atoms with Gasteiger partial charge in [0.2, 0.25) is 0 Å². The molecule has 6 rings (SSSR count). The molecule has 50 heavy (non-hydrogen) atoms. The quantitative estimate of drug-likeness (QED) is 0.166. The minimum atomic E-state index is -2.75. The zero-order valence-corrected chi connectivity index (χ0v) is 35.6. The fourth-order valence-corrected chi connectivity index (χ4v) is 15.4. The zero-order chi connectivity index (χ0) is 34.1. The Balaban J connectivity index is 0.00000281. The first kappa shape index (κ1) is 40.5. The minimum absolute atomic E-state index is 0. The Bertz CT molecular complexity index is 1820. The smallest absolute Gasteiger partial charge is 1.00 e. The molecule has 0 amide bonds. The van der Waals surface area contributed by atoms with Crippen molar-refractivity contribution < 1.29 is 46.1 Å². The summed E-state index contributed by atoms with van der Waals surface area (Å²) in [6.07, 6.45) is 16.6. The van der Waals surface area contributed by atoms with Gasteiger partial charge in [-0.1, -0.05) is 0 Å². The van der Waals surface area contributed by atoms with Crippen LogP contribution < -0.4 is 28.1 Å². The summed E-state index contributed by atoms with van der Waals surface area (Å²) in [6.45, 7) is 18.8. The molecule has 0 aliphatic heterocycles. The van der Waals surface area contributed by atoms with E-state index >= 15 is 0 Å². The maximum atomic E-state index is 2.68. The second kappa shape index (κ2) is 17.0. The number of hydrogen-bond donors (Lipinski definition) is 0. The van der Waals surface area contributed by atoms with Gasteiger partial charge in [0.05, 0.1) is 0 Å². The third kappa shape index (κ3) is 8.83. The van der Waals surface area contributed by atoms with E-state index in [1.807, 2.05) is 0 Å². The second-order valence-electron chi connectivity index (χ2n) is 16.3. The number of unbranched alkanes of at least 4 members (excludes halogenated alkanes) is 2. The summed E-state index contributed by atoms with van der Waals surface area (Å²) in [5.41, 5.74) is 14.9. The molecule has 0 atom stereocenters. The van der Waals surface area contributed by atoms with E-state index < -0.39 is 21.3 Å². The molecule has 0 nitrogen and oxygen atoms in total. The van der Waals surface area contributed by atoms with E-state index in [0.717, 1.165) is 25.7 Å². The third-order valence-electron chi connectivity index (χ3n) is 10.5. The standard InChI is InChI=1S/C21H25.C21H26.C5H5.2ClH.Zr/c1-20(2,3)16-9-7-14-11-15-8-10-17(21(4,5)6)13-19(15)18(14)12-16;1-3-5-7-18-9-13-20(14-10-18)17-21-15-11-19(12-16-21)8-6-4-2;1-2-4-5-3-1;;;/h7,9-10,12-13H,11H2,1-6H3;9-16H,3-8H2,1-2H3;1-3H,4H2;2*1H;/q;;;;;+2/p-2. The van der Waals surface area contributed by atoms with Crippen LogP contribution in [-0.4, -0.2) is 3.21 Å². The van der Waals surface area contributed by atoms with Crippen molar-refractivity contribution >= 4 is 6.48 Å². The second-order valence-corrected chi connectivity index (χ2v) is 22.2. The number of hydrogen-bond acceptors (Lipinski definition) is 0. The maximum absolute atomic E-state index is 2.75. The molecule has 0 N–H and O–H groups in total. The van der Waals surface area contributed by atoms with Crippen LogP contribution in [-0.2, 0) is 51.4 Å². The Morgan fingerprint density at radius 2 is 1.18 bits per heavy atom. The van der Waals surface area contributed by atoms with Crippen LogP contribution in [0.15, 0.2) is 100 Å². The number of fused-ring (bicyclic) bond motifs is 3. The van der Waals surface area contributed by atoms with Crippen molar-refractivity contribution in [2.75, 3.05) is 0 Å². The Hall–Kier alpha value is -2.31. The number of rotatable bonds is 10. The van der Waals surface area contributed by atoms with Gasteiger partial charge >= 0.3 is 301 Å². The van der Waals surface area contributed by atoms with Gasteiger partial charge in [0, 0.05) is 0 Å². The van der Waals surface area contributed by atoms with Crippen molar-refractivity contribution in [2.45, 2.75) is 118 Å². The van der Waals surface area contributed by atoms with Crippen LogP contribution in [0.2, 0.25) is 0 Å². The molecule has 4 aromatic carbocycles. The Morgan fingerprint density at radius 1 is 0.640 bits per heavy atom. The van der Waals surface area contributed by atoms with Gasteiger partial charge < -0.3 is 24.8 Å². The van der Waals surface area contributed by atoms with Crippen LogP contribution >= 0.6 is 0 Å². The molecular formula is C47H56Cl2Zr. The van der Waals surface area contributed by atoms with Crippen LogP contribution in [0.25, 0.3) is 11.1 Å². The average Bonchev–Trinajstić information content (AvgIpc) is 3.73. The first-order valence-corrected chi connectivity index (χ1v) is 22.3. The van der Waals surface area contributed by atoms with Crippen molar-refractivity contribution in [2.24, 2.45) is 0 Å². The van der Waals surface area contributed by atoms with Crippen LogP contribution in [0.5, 0.6) is 0 Å². The minimum Gasteiger partial charge on any atom is -1.00 e. The molecule has 4 aromatic rings. The first-order valence-electron chi connectivity index (χ1n) is 18.6. The van der Waals surface area contributed by atoms with Crippen molar-refractivity contribution in [1.29, 1.82) is 0 Å². The van der Waals surface area contributed by atoms with Gasteiger partial charge in [-0.25, -0.2) is 0 Å². The number of halogens is 2. The molecular weight excluding hydrogens is 727 g/mol. The summed E-state index contributed by atoms with van der Waals surface area (Å²) in [4.78, 5) is 0. The molecule has 0 saturated carbocycles. The molecule has 0 spiro atoms. The van der Waals surface area contributed by atoms with E-state index in [9.17, 15) is 0 Å². The van der Waals surface area contributed by atoms with Gasteiger partial charge in [0.25, 0.3) is 0 Å². The molecule has 0 heterocycles. The van der Waals surface area contributed by atoms with Gasteiger partial charge in [-0.2, -0.15) is 0 Å². The summed E-state index contributed by atoms with van der Waals surface area (Å²) in [7, 11) is 0. The summed E-state index contributed by atoms with van der Waals surface area (Å²) < 4.78 is 5.01. The zero-order valence-electron chi connectivity index (χ0n) is 31.7. The Kier molecular flexibility index (Phi) is 13.8. The fourth-order valence-electron chi connectivity index (χ4n) is 7.39. The van der Waals surface area contributed by atoms with E-state index in [-0.39, 0.29) is 35.6 Å². The van der Waals surface area contributed by atoms with E-state index in [2.05, 4.69) is 152 Å². The van der Waals surface area contributed by atoms with Gasteiger partial charge in [-0.3, -0.25) is 0 Å². The predicted molar refractivity (Wildman–Crippen MR) is 207 cm³/mol. The number of aryl methyl sites for hydroxylation is 2. The normalized spacial score (nSPS) is 13.1. The molecule has 0 bridgehead atoms. The van der Waals surface area contributed by atoms with E-state index in [4.69, 9.17) is 0 Å². The van der Waals surface area contributed by atoms with E-state index in [0.29, 0.717) is 0 Å². The summed E-state index contributed by atoms with van der Waals surface area (Å²) in [5, 5.41) is 0. The largest absolute Gasteiger partial charge is 1.00 e. The fraction of sp³-hybridized carbons (Fsp3) is 0.383. The molecule has 0 fully saturated rings. The topological polar surface area (TPSA) is 0 Å². The summed E-state index contributed by atoms with van der Waals surface area (Å²) >= 11 is -2.75. The van der Waals surface area contributed by atoms with Crippen LogP contribution in [0.3, 0.4) is 0 Å². The van der Waals surface area contributed by atoms with Crippen molar-refractivity contribution in [3.8, 4) is 11.1 Å². The summed E-state index contributed by atoms with van der Waals surface area (Å²) in [5.74, 6) is 0. The maximum Gasteiger partial charge on any atom is -1.00 e. The van der Waals surface area contributed by atoms with Gasteiger partial charge in [0.15, 0.2) is 0 Å². The summed E-state index contributed by atoms with van der Waals surface area (Å²) in [6, 6.07) is 32.1. The molecule has 0 unspecified atom stereocenters. The first-order chi connectivity index (χ1) is 23.0. The van der Waals surface area contributed by atoms with E-state index in [1.54, 1.807) is 15.3 Å². The number of benzene rings is 4. The van der Waals surface area contributed by atoms with Crippen LogP contribution in [0, 0.1) is 0 Å². The molecule has 2 aliphatic rings.